The van der Waals surface area contributed by atoms with Crippen LogP contribution in [-0.2, 0) is 0 Å². The van der Waals surface area contributed by atoms with Crippen molar-refractivity contribution in [3.05, 3.63) is 23.8 Å². The molecule has 72 valence electrons. The number of rotatable bonds is 3. The Morgan fingerprint density at radius 1 is 1.00 bits per heavy atom. The van der Waals surface area contributed by atoms with E-state index in [9.17, 15) is 8.78 Å². The number of ether oxygens (including phenoxy) is 2. The highest BCUT2D eigenvalue weighted by Gasteiger charge is 2.10. The van der Waals surface area contributed by atoms with E-state index < -0.39 is 6.43 Å². The monoisotopic (exact) mass is 188 g/mol. The molecule has 0 aliphatic rings. The van der Waals surface area contributed by atoms with Gasteiger partial charge in [-0.15, -0.1) is 0 Å². The molecule has 1 aromatic rings. The lowest BCUT2D eigenvalue weighted by Crippen LogP contribution is -1.91. The molecular weight excluding hydrogens is 178 g/mol. The van der Waals surface area contributed by atoms with Gasteiger partial charge < -0.3 is 9.47 Å². The average molecular weight is 188 g/mol. The van der Waals surface area contributed by atoms with Crippen molar-refractivity contribution in [1.82, 2.24) is 0 Å². The SMILES string of the molecule is COc1cc(OC)cc(C(F)F)c1. The summed E-state index contributed by atoms with van der Waals surface area (Å²) in [6.45, 7) is 0. The number of hydrogen-bond donors (Lipinski definition) is 0. The molecule has 0 amide bonds. The second-order valence-electron chi connectivity index (χ2n) is 2.45. The van der Waals surface area contributed by atoms with Gasteiger partial charge in [0.2, 0.25) is 0 Å². The molecule has 13 heavy (non-hydrogen) atoms. The summed E-state index contributed by atoms with van der Waals surface area (Å²) < 4.78 is 34.2. The Labute approximate surface area is 75.1 Å². The first-order valence-electron chi connectivity index (χ1n) is 3.68. The van der Waals surface area contributed by atoms with Crippen LogP contribution >= 0.6 is 0 Å². The molecule has 1 rings (SSSR count). The highest BCUT2D eigenvalue weighted by atomic mass is 19.3. The third-order valence-corrected chi connectivity index (χ3v) is 1.63. The van der Waals surface area contributed by atoms with Crippen molar-refractivity contribution in [3.8, 4) is 11.5 Å². The van der Waals surface area contributed by atoms with Gasteiger partial charge in [0.15, 0.2) is 0 Å². The molecule has 4 heteroatoms. The Hall–Kier alpha value is -1.32. The fraction of sp³-hybridized carbons (Fsp3) is 0.333. The van der Waals surface area contributed by atoms with Crippen molar-refractivity contribution in [3.63, 3.8) is 0 Å². The van der Waals surface area contributed by atoms with Gasteiger partial charge in [-0.3, -0.25) is 0 Å². The molecule has 0 spiro atoms. The van der Waals surface area contributed by atoms with Crippen LogP contribution in [0.3, 0.4) is 0 Å². The average Bonchev–Trinajstić information content (AvgIpc) is 2.16. The summed E-state index contributed by atoms with van der Waals surface area (Å²) in [5.74, 6) is 0.740. The fourth-order valence-corrected chi connectivity index (χ4v) is 0.955. The van der Waals surface area contributed by atoms with Gasteiger partial charge in [0.1, 0.15) is 11.5 Å². The largest absolute Gasteiger partial charge is 0.497 e. The van der Waals surface area contributed by atoms with Crippen molar-refractivity contribution < 1.29 is 18.3 Å². The Kier molecular flexibility index (Phi) is 3.06. The third kappa shape index (κ3) is 2.31. The van der Waals surface area contributed by atoms with E-state index in [-0.39, 0.29) is 5.56 Å². The van der Waals surface area contributed by atoms with Crippen molar-refractivity contribution in [2.45, 2.75) is 6.43 Å². The standard InChI is InChI=1S/C9H10F2O2/c1-12-7-3-6(9(10)11)4-8(5-7)13-2/h3-5,9H,1-2H3. The van der Waals surface area contributed by atoms with E-state index >= 15 is 0 Å². The van der Waals surface area contributed by atoms with E-state index in [2.05, 4.69) is 0 Å². The van der Waals surface area contributed by atoms with Crippen LogP contribution in [-0.4, -0.2) is 14.2 Å². The van der Waals surface area contributed by atoms with Crippen molar-refractivity contribution in [2.75, 3.05) is 14.2 Å². The van der Waals surface area contributed by atoms with E-state index in [1.54, 1.807) is 6.07 Å². The van der Waals surface area contributed by atoms with Crippen LogP contribution in [0.2, 0.25) is 0 Å². The van der Waals surface area contributed by atoms with Gasteiger partial charge in [-0.05, 0) is 12.1 Å². The molecule has 0 aliphatic heterocycles. The van der Waals surface area contributed by atoms with Crippen LogP contribution < -0.4 is 9.47 Å². The number of alkyl halides is 2. The van der Waals surface area contributed by atoms with Crippen LogP contribution in [0.4, 0.5) is 8.78 Å². The molecule has 0 aromatic heterocycles. The molecule has 0 unspecified atom stereocenters. The van der Waals surface area contributed by atoms with Gasteiger partial charge in [-0.2, -0.15) is 0 Å². The molecule has 0 saturated carbocycles. The Morgan fingerprint density at radius 2 is 1.46 bits per heavy atom. The summed E-state index contributed by atoms with van der Waals surface area (Å²) in [7, 11) is 2.84. The fourth-order valence-electron chi connectivity index (χ4n) is 0.955. The minimum Gasteiger partial charge on any atom is -0.497 e. The normalized spacial score (nSPS) is 10.2. The molecule has 0 fully saturated rings. The number of methoxy groups -OCH3 is 2. The first kappa shape index (κ1) is 9.77. The minimum absolute atomic E-state index is 0.101. The summed E-state index contributed by atoms with van der Waals surface area (Å²) >= 11 is 0. The topological polar surface area (TPSA) is 18.5 Å². The van der Waals surface area contributed by atoms with Gasteiger partial charge in [0, 0.05) is 11.6 Å². The van der Waals surface area contributed by atoms with Crippen molar-refractivity contribution in [2.24, 2.45) is 0 Å². The number of halogens is 2. The molecule has 0 aliphatic carbocycles. The summed E-state index contributed by atoms with van der Waals surface area (Å²) in [6, 6.07) is 4.12. The van der Waals surface area contributed by atoms with Crippen LogP contribution in [0.5, 0.6) is 11.5 Å². The van der Waals surface area contributed by atoms with Gasteiger partial charge in [0.25, 0.3) is 6.43 Å². The zero-order chi connectivity index (χ0) is 9.84. The molecule has 0 heterocycles. The van der Waals surface area contributed by atoms with Crippen LogP contribution in [0, 0.1) is 0 Å². The maximum absolute atomic E-state index is 12.3. The Bertz CT molecular complexity index is 265. The Balaban J connectivity index is 3.07. The predicted molar refractivity (Wildman–Crippen MR) is 44.5 cm³/mol. The van der Waals surface area contributed by atoms with E-state index in [4.69, 9.17) is 9.47 Å². The van der Waals surface area contributed by atoms with Crippen LogP contribution in [0.1, 0.15) is 12.0 Å². The molecule has 1 aromatic carbocycles. The van der Waals surface area contributed by atoms with Crippen molar-refractivity contribution >= 4 is 0 Å². The number of hydrogen-bond acceptors (Lipinski definition) is 2. The van der Waals surface area contributed by atoms with E-state index in [1.165, 1.54) is 26.4 Å². The molecule has 0 N–H and O–H groups in total. The summed E-state index contributed by atoms with van der Waals surface area (Å²) in [5.41, 5.74) is -0.101. The quantitative estimate of drug-likeness (QED) is 0.725. The molecule has 0 saturated heterocycles. The summed E-state index contributed by atoms with van der Waals surface area (Å²) in [6.07, 6.45) is -2.51. The lowest BCUT2D eigenvalue weighted by atomic mass is 10.2. The maximum Gasteiger partial charge on any atom is 0.264 e. The van der Waals surface area contributed by atoms with E-state index in [1.807, 2.05) is 0 Å². The second kappa shape index (κ2) is 4.07. The predicted octanol–water partition coefficient (Wildman–Crippen LogP) is 2.64. The van der Waals surface area contributed by atoms with Gasteiger partial charge >= 0.3 is 0 Å². The second-order valence-corrected chi connectivity index (χ2v) is 2.45. The van der Waals surface area contributed by atoms with Gasteiger partial charge in [-0.1, -0.05) is 0 Å². The zero-order valence-electron chi connectivity index (χ0n) is 7.38. The zero-order valence-corrected chi connectivity index (χ0v) is 7.38. The lowest BCUT2D eigenvalue weighted by molar-refractivity contribution is 0.150. The Morgan fingerprint density at radius 3 is 1.77 bits per heavy atom. The molecule has 2 nitrogen and oxygen atoms in total. The van der Waals surface area contributed by atoms with Gasteiger partial charge in [0.05, 0.1) is 14.2 Å². The summed E-state index contributed by atoms with van der Waals surface area (Å²) in [5, 5.41) is 0. The van der Waals surface area contributed by atoms with E-state index in [0.717, 1.165) is 0 Å². The highest BCUT2D eigenvalue weighted by Crippen LogP contribution is 2.28. The van der Waals surface area contributed by atoms with Crippen LogP contribution in [0.25, 0.3) is 0 Å². The van der Waals surface area contributed by atoms with Crippen molar-refractivity contribution in [1.29, 1.82) is 0 Å². The van der Waals surface area contributed by atoms with E-state index in [0.29, 0.717) is 11.5 Å². The maximum atomic E-state index is 12.3. The third-order valence-electron chi connectivity index (χ3n) is 1.63. The molecule has 0 radical (unpaired) electrons. The first-order valence-corrected chi connectivity index (χ1v) is 3.68. The molecule has 0 atom stereocenters. The minimum atomic E-state index is -2.51. The lowest BCUT2D eigenvalue weighted by Gasteiger charge is -2.07. The number of benzene rings is 1. The van der Waals surface area contributed by atoms with Crippen LogP contribution in [0.15, 0.2) is 18.2 Å². The molecular formula is C9H10F2O2. The first-order chi connectivity index (χ1) is 6.17. The molecule has 0 bridgehead atoms. The summed E-state index contributed by atoms with van der Waals surface area (Å²) in [4.78, 5) is 0. The van der Waals surface area contributed by atoms with Gasteiger partial charge in [-0.25, -0.2) is 8.78 Å². The highest BCUT2D eigenvalue weighted by molar-refractivity contribution is 5.38. The smallest absolute Gasteiger partial charge is 0.264 e.